The summed E-state index contributed by atoms with van der Waals surface area (Å²) in [6, 6.07) is 8.31. The topological polar surface area (TPSA) is 47.5 Å². The van der Waals surface area contributed by atoms with Gasteiger partial charge in [0.15, 0.2) is 0 Å². The zero-order valence-corrected chi connectivity index (χ0v) is 17.0. The maximum absolute atomic E-state index is 12.4. The lowest BCUT2D eigenvalue weighted by atomic mass is 10.0. The number of piperidine rings is 1. The molecule has 6 nitrogen and oxygen atoms in total. The molecule has 1 saturated heterocycles. The van der Waals surface area contributed by atoms with Crippen molar-refractivity contribution < 1.29 is 0 Å². The number of nitrogens with one attached hydrogen (secondary N) is 1. The Morgan fingerprint density at radius 1 is 1.14 bits per heavy atom. The first-order valence-electron chi connectivity index (χ1n) is 10.7. The summed E-state index contributed by atoms with van der Waals surface area (Å²) in [5.74, 6) is 0. The second kappa shape index (κ2) is 7.59. The molecule has 0 bridgehead atoms. The molecule has 3 aliphatic heterocycles. The summed E-state index contributed by atoms with van der Waals surface area (Å²) in [7, 11) is 2.14. The molecule has 0 amide bonds. The van der Waals surface area contributed by atoms with E-state index in [-0.39, 0.29) is 5.69 Å². The smallest absolute Gasteiger partial charge is 0.326 e. The normalized spacial score (nSPS) is 22.5. The number of likely N-dealkylation sites (N-methyl/N-ethyl adjacent to an activating group) is 1. The van der Waals surface area contributed by atoms with Gasteiger partial charge in [0, 0.05) is 44.3 Å². The highest BCUT2D eigenvalue weighted by Crippen LogP contribution is 2.29. The van der Waals surface area contributed by atoms with Crippen molar-refractivity contribution in [2.75, 3.05) is 26.7 Å². The number of hydrogen-bond acceptors (Lipinski definition) is 4. The molecule has 1 aromatic heterocycles. The number of H-pyrrole nitrogens is 1. The van der Waals surface area contributed by atoms with Crippen LogP contribution in [0.5, 0.6) is 0 Å². The monoisotopic (exact) mass is 391 g/mol. The molecule has 3 aliphatic rings. The maximum Gasteiger partial charge on any atom is 0.326 e. The third kappa shape index (κ3) is 3.42. The Kier molecular flexibility index (Phi) is 4.79. The molecule has 0 radical (unpaired) electrons. The van der Waals surface area contributed by atoms with Gasteiger partial charge in [-0.05, 0) is 56.5 Å². The minimum Gasteiger partial charge on any atom is -0.355 e. The number of imidazole rings is 1. The number of rotatable bonds is 5. The van der Waals surface area contributed by atoms with Gasteiger partial charge in [-0.25, -0.2) is 4.79 Å². The Hall–Kier alpha value is -2.73. The van der Waals surface area contributed by atoms with E-state index in [0.717, 1.165) is 56.4 Å². The molecule has 0 aliphatic carbocycles. The van der Waals surface area contributed by atoms with Gasteiger partial charge in [-0.15, -0.1) is 0 Å². The largest absolute Gasteiger partial charge is 0.355 e. The Bertz CT molecular complexity index is 1020. The zero-order valence-electron chi connectivity index (χ0n) is 17.0. The highest BCUT2D eigenvalue weighted by Gasteiger charge is 2.27. The Balaban J connectivity index is 1.15. The quantitative estimate of drug-likeness (QED) is 0.850. The van der Waals surface area contributed by atoms with E-state index in [9.17, 15) is 4.79 Å². The van der Waals surface area contributed by atoms with Crippen molar-refractivity contribution in [2.24, 2.45) is 0 Å². The van der Waals surface area contributed by atoms with Gasteiger partial charge in [0.1, 0.15) is 6.17 Å². The SMILES string of the molecule is CN1C=C(CCCN2CCC(n3c(=O)[nH]c4ccccc43)CC2)N2C=CC=CC12. The van der Waals surface area contributed by atoms with Crippen LogP contribution in [-0.4, -0.2) is 57.1 Å². The first-order valence-corrected chi connectivity index (χ1v) is 10.7. The number of benzene rings is 1. The van der Waals surface area contributed by atoms with Crippen LogP contribution < -0.4 is 5.69 Å². The molecule has 29 heavy (non-hydrogen) atoms. The molecule has 1 N–H and O–H groups in total. The lowest BCUT2D eigenvalue weighted by Crippen LogP contribution is -2.37. The van der Waals surface area contributed by atoms with E-state index in [1.807, 2.05) is 28.8 Å². The van der Waals surface area contributed by atoms with Gasteiger partial charge in [0.2, 0.25) is 0 Å². The van der Waals surface area contributed by atoms with Crippen molar-refractivity contribution in [1.29, 1.82) is 0 Å². The van der Waals surface area contributed by atoms with E-state index < -0.39 is 0 Å². The molecular weight excluding hydrogens is 362 g/mol. The van der Waals surface area contributed by atoms with Crippen LogP contribution in [-0.2, 0) is 0 Å². The van der Waals surface area contributed by atoms with E-state index in [0.29, 0.717) is 12.2 Å². The van der Waals surface area contributed by atoms with Crippen molar-refractivity contribution >= 4 is 11.0 Å². The minimum absolute atomic E-state index is 0.0279. The van der Waals surface area contributed by atoms with Crippen molar-refractivity contribution in [3.05, 3.63) is 71.1 Å². The van der Waals surface area contributed by atoms with Crippen molar-refractivity contribution in [3.8, 4) is 0 Å². The summed E-state index contributed by atoms with van der Waals surface area (Å²) in [6.07, 6.45) is 15.6. The Morgan fingerprint density at radius 2 is 1.97 bits per heavy atom. The highest BCUT2D eigenvalue weighted by molar-refractivity contribution is 5.75. The summed E-state index contributed by atoms with van der Waals surface area (Å²) in [5, 5.41) is 0. The van der Waals surface area contributed by atoms with Gasteiger partial charge < -0.3 is 19.7 Å². The van der Waals surface area contributed by atoms with Gasteiger partial charge >= 0.3 is 5.69 Å². The molecule has 6 heteroatoms. The van der Waals surface area contributed by atoms with Crippen LogP contribution in [0.2, 0.25) is 0 Å². The summed E-state index contributed by atoms with van der Waals surface area (Å²) in [4.78, 5) is 22.6. The third-order valence-electron chi connectivity index (χ3n) is 6.48. The van der Waals surface area contributed by atoms with E-state index >= 15 is 0 Å². The predicted octanol–water partition coefficient (Wildman–Crippen LogP) is 3.25. The number of aromatic nitrogens is 2. The standard InChI is InChI=1S/C23H29N5O/c1-25-17-19(27-14-5-4-10-22(25)27)7-6-13-26-15-11-18(12-16-26)28-21-9-3-2-8-20(21)24-23(28)29/h2-5,8-10,14,17-18,22H,6-7,11-13,15-16H2,1H3,(H,24,29). The number of nitrogens with zero attached hydrogens (tertiary/aromatic N) is 4. The van der Waals surface area contributed by atoms with Crippen LogP contribution in [0.25, 0.3) is 11.0 Å². The highest BCUT2D eigenvalue weighted by atomic mass is 16.1. The average Bonchev–Trinajstić information content (AvgIpc) is 3.25. The van der Waals surface area contributed by atoms with Gasteiger partial charge in [-0.1, -0.05) is 18.2 Å². The molecule has 4 heterocycles. The Labute approximate surface area is 171 Å². The first-order chi connectivity index (χ1) is 14.2. The maximum atomic E-state index is 12.4. The molecular formula is C23H29N5O. The van der Waals surface area contributed by atoms with E-state index in [4.69, 9.17) is 0 Å². The second-order valence-electron chi connectivity index (χ2n) is 8.33. The summed E-state index contributed by atoms with van der Waals surface area (Å²) in [6.45, 7) is 3.24. The van der Waals surface area contributed by atoms with E-state index in [1.54, 1.807) is 0 Å². The second-order valence-corrected chi connectivity index (χ2v) is 8.33. The molecule has 5 rings (SSSR count). The average molecular weight is 392 g/mol. The Morgan fingerprint density at radius 3 is 2.83 bits per heavy atom. The van der Waals surface area contributed by atoms with Gasteiger partial charge in [-0.2, -0.15) is 0 Å². The lowest BCUT2D eigenvalue weighted by molar-refractivity contribution is 0.183. The fourth-order valence-electron chi connectivity index (χ4n) is 4.98. The number of para-hydroxylation sites is 2. The summed E-state index contributed by atoms with van der Waals surface area (Å²) in [5.41, 5.74) is 3.40. The molecule has 1 unspecified atom stereocenters. The predicted molar refractivity (Wildman–Crippen MR) is 116 cm³/mol. The van der Waals surface area contributed by atoms with Crippen LogP contribution in [0, 0.1) is 0 Å². The van der Waals surface area contributed by atoms with Crippen LogP contribution in [0.1, 0.15) is 31.7 Å². The molecule has 1 aromatic carbocycles. The fourth-order valence-corrected chi connectivity index (χ4v) is 4.98. The lowest BCUT2D eigenvalue weighted by Gasteiger charge is -2.33. The molecule has 2 aromatic rings. The molecule has 0 saturated carbocycles. The van der Waals surface area contributed by atoms with E-state index in [1.165, 1.54) is 5.70 Å². The molecule has 152 valence electrons. The number of likely N-dealkylation sites (tertiary alicyclic amines) is 1. The fraction of sp³-hybridized carbons (Fsp3) is 0.435. The van der Waals surface area contributed by atoms with Gasteiger partial charge in [-0.3, -0.25) is 4.57 Å². The van der Waals surface area contributed by atoms with Crippen LogP contribution in [0.3, 0.4) is 0 Å². The first kappa shape index (κ1) is 18.3. The van der Waals surface area contributed by atoms with Crippen molar-refractivity contribution in [1.82, 2.24) is 24.3 Å². The number of allylic oxidation sites excluding steroid dienone is 3. The van der Waals surface area contributed by atoms with Crippen LogP contribution in [0.4, 0.5) is 0 Å². The molecule has 0 spiro atoms. The molecule has 1 atom stereocenters. The summed E-state index contributed by atoms with van der Waals surface area (Å²) >= 11 is 0. The van der Waals surface area contributed by atoms with Crippen molar-refractivity contribution in [3.63, 3.8) is 0 Å². The number of aromatic amines is 1. The van der Waals surface area contributed by atoms with Crippen LogP contribution >= 0.6 is 0 Å². The van der Waals surface area contributed by atoms with Gasteiger partial charge in [0.25, 0.3) is 0 Å². The van der Waals surface area contributed by atoms with E-state index in [2.05, 4.69) is 57.4 Å². The summed E-state index contributed by atoms with van der Waals surface area (Å²) < 4.78 is 1.97. The number of hydrogen-bond donors (Lipinski definition) is 1. The van der Waals surface area contributed by atoms with Gasteiger partial charge in [0.05, 0.1) is 11.0 Å². The zero-order chi connectivity index (χ0) is 19.8. The minimum atomic E-state index is 0.0279. The molecule has 1 fully saturated rings. The van der Waals surface area contributed by atoms with Crippen LogP contribution in [0.15, 0.2) is 65.4 Å². The number of fused-ring (bicyclic) bond motifs is 2. The van der Waals surface area contributed by atoms with Crippen molar-refractivity contribution in [2.45, 2.75) is 37.9 Å². The third-order valence-corrected chi connectivity index (χ3v) is 6.48.